The first-order valence-electron chi connectivity index (χ1n) is 0. The van der Waals surface area contributed by atoms with Gasteiger partial charge in [0, 0.05) is 0 Å². The molecule has 0 unspecified atom stereocenters. The van der Waals surface area contributed by atoms with E-state index in [0.717, 1.165) is 0 Å². The third-order valence-electron chi connectivity index (χ3n) is 0. The summed E-state index contributed by atoms with van der Waals surface area (Å²) in [4.78, 5) is 0. The van der Waals surface area contributed by atoms with Crippen molar-refractivity contribution in [3.05, 3.63) is 0 Å². The van der Waals surface area contributed by atoms with Crippen LogP contribution in [0.15, 0.2) is 0 Å². The largest absolute Gasteiger partial charge is 3.00 e. The molecule has 0 bridgehead atoms. The second-order valence-electron chi connectivity index (χ2n) is 0. The minimum absolute atomic E-state index is 0. The van der Waals surface area contributed by atoms with Crippen LogP contribution in [0.25, 0.3) is 0 Å². The van der Waals surface area contributed by atoms with E-state index in [0.29, 0.717) is 0 Å². The zero-order valence-corrected chi connectivity index (χ0v) is 7.86. The van der Waals surface area contributed by atoms with Crippen molar-refractivity contribution < 1.29 is 39.0 Å². The Labute approximate surface area is 78.7 Å². The minimum Gasteiger partial charge on any atom is -2.00 e. The molecule has 0 saturated carbocycles. The Morgan fingerprint density at radius 3 is 0.400 bits per heavy atom. The molecule has 0 aromatic rings. The van der Waals surface area contributed by atoms with Crippen LogP contribution in [0, 0.1) is 0 Å². The average Bonchev–Trinajstić information content (AvgIpc) is 0. The van der Waals surface area contributed by atoms with Gasteiger partial charge in [0.1, 0.15) is 0 Å². The molecule has 0 nitrogen and oxygen atoms in total. The van der Waals surface area contributed by atoms with E-state index < -0.39 is 0 Å². The van der Waals surface area contributed by atoms with Crippen molar-refractivity contribution in [3.63, 3.8) is 0 Å². The molecule has 0 aromatic heterocycles. The van der Waals surface area contributed by atoms with Crippen molar-refractivity contribution >= 4 is 40.5 Å². The molecule has 0 amide bonds. The molecule has 0 saturated heterocycles. The van der Waals surface area contributed by atoms with Crippen molar-refractivity contribution in [2.75, 3.05) is 0 Å². The van der Waals surface area contributed by atoms with Crippen molar-refractivity contribution in [3.8, 4) is 0 Å². The predicted molar refractivity (Wildman–Crippen MR) is 22.1 cm³/mol. The van der Waals surface area contributed by atoms with Crippen molar-refractivity contribution in [2.45, 2.75) is 0 Å². The van der Waals surface area contributed by atoms with Gasteiger partial charge in [0.05, 0.1) is 0 Å². The van der Waals surface area contributed by atoms with Crippen molar-refractivity contribution in [1.29, 1.82) is 0 Å². The average molecular weight is 298 g/mol. The molecule has 2 radical (unpaired) electrons. The second kappa shape index (κ2) is 33.5. The Kier molecular flexibility index (Phi) is 367. The van der Waals surface area contributed by atoms with E-state index in [1.807, 2.05) is 0 Å². The van der Waals surface area contributed by atoms with E-state index in [-0.39, 0.29) is 79.4 Å². The van der Waals surface area contributed by atoms with Crippen LogP contribution in [-0.2, 0) is 79.4 Å². The Morgan fingerprint density at radius 1 is 0.400 bits per heavy atom. The van der Waals surface area contributed by atoms with Crippen LogP contribution in [0.3, 0.4) is 0 Å². The number of hydrogen-bond donors (Lipinski definition) is 0. The molecule has 34 valence electrons. The van der Waals surface area contributed by atoms with Gasteiger partial charge in [-0.05, 0) is 0 Å². The van der Waals surface area contributed by atoms with E-state index in [9.17, 15) is 0 Å². The summed E-state index contributed by atoms with van der Waals surface area (Å²) >= 11 is 0. The molecule has 0 aliphatic carbocycles. The molecule has 5 heteroatoms. The summed E-state index contributed by atoms with van der Waals surface area (Å²) in [5.74, 6) is 0. The van der Waals surface area contributed by atoms with Gasteiger partial charge in [-0.25, -0.2) is 0 Å². The van der Waals surface area contributed by atoms with Crippen LogP contribution >= 0.6 is 0 Å². The third-order valence-corrected chi connectivity index (χ3v) is 0. The summed E-state index contributed by atoms with van der Waals surface area (Å²) in [7, 11) is 0. The van der Waals surface area contributed by atoms with Gasteiger partial charge in [0.2, 0.25) is 0 Å². The monoisotopic (exact) mass is 300 g/mol. The minimum atomic E-state index is 0. The first-order valence-corrected chi connectivity index (χ1v) is 0. The van der Waals surface area contributed by atoms with E-state index >= 15 is 0 Å². The second-order valence-corrected chi connectivity index (χ2v) is 0. The summed E-state index contributed by atoms with van der Waals surface area (Å²) < 4.78 is 0. The summed E-state index contributed by atoms with van der Waals surface area (Å²) in [5.41, 5.74) is 0. The van der Waals surface area contributed by atoms with Crippen molar-refractivity contribution in [2.24, 2.45) is 0 Å². The van der Waals surface area contributed by atoms with Crippen LogP contribution in [0.2, 0.25) is 0 Å². The standard InChI is InChI=1S/2Ru.3S/q2*+3;3*-2. The predicted octanol–water partition coefficient (Wildman–Crippen LogP) is -0.0122. The summed E-state index contributed by atoms with van der Waals surface area (Å²) in [6.07, 6.45) is 0. The Balaban J connectivity index is 0. The maximum absolute atomic E-state index is 0. The quantitative estimate of drug-likeness (QED) is 0.552. The van der Waals surface area contributed by atoms with Gasteiger partial charge >= 0.3 is 39.0 Å². The van der Waals surface area contributed by atoms with E-state index in [1.54, 1.807) is 0 Å². The zero-order chi connectivity index (χ0) is 0. The van der Waals surface area contributed by atoms with Gasteiger partial charge in [-0.1, -0.05) is 0 Å². The molecule has 0 N–H and O–H groups in total. The van der Waals surface area contributed by atoms with Gasteiger partial charge in [0.25, 0.3) is 0 Å². The smallest absolute Gasteiger partial charge is 2.00 e. The molecule has 0 fully saturated rings. The fourth-order valence-corrected chi connectivity index (χ4v) is 0. The van der Waals surface area contributed by atoms with Gasteiger partial charge in [-0.3, -0.25) is 0 Å². The van der Waals surface area contributed by atoms with Crippen molar-refractivity contribution in [1.82, 2.24) is 0 Å². The number of rotatable bonds is 0. The van der Waals surface area contributed by atoms with Gasteiger partial charge in [-0.2, -0.15) is 0 Å². The van der Waals surface area contributed by atoms with Crippen LogP contribution in [0.4, 0.5) is 0 Å². The van der Waals surface area contributed by atoms with Gasteiger partial charge in [0.15, 0.2) is 0 Å². The normalized spacial score (nSPS) is 0. The zero-order valence-electron chi connectivity index (χ0n) is 1.93. The van der Waals surface area contributed by atoms with Crippen LogP contribution in [-0.4, -0.2) is 0 Å². The van der Waals surface area contributed by atoms with Crippen LogP contribution in [0.1, 0.15) is 0 Å². The fraction of sp³-hybridized carbons (Fsp3) is 0. The Bertz CT molecular complexity index is 4.85. The maximum atomic E-state index is 0. The topological polar surface area (TPSA) is 0 Å². The van der Waals surface area contributed by atoms with Gasteiger partial charge in [-0.15, -0.1) is 0 Å². The van der Waals surface area contributed by atoms with Crippen LogP contribution in [0.5, 0.6) is 0 Å². The summed E-state index contributed by atoms with van der Waals surface area (Å²) in [5, 5.41) is 0. The molecule has 0 spiro atoms. The summed E-state index contributed by atoms with van der Waals surface area (Å²) in [6, 6.07) is 0. The Morgan fingerprint density at radius 2 is 0.400 bits per heavy atom. The summed E-state index contributed by atoms with van der Waals surface area (Å²) in [6.45, 7) is 0. The first kappa shape index (κ1) is 54.8. The molecule has 5 heavy (non-hydrogen) atoms. The third kappa shape index (κ3) is 22.0. The molecule has 0 aromatic carbocycles. The molecule has 0 aliphatic rings. The molecular formula is Ru2S3. The SMILES string of the molecule is [Ru+3].[Ru+3].[S-2].[S-2].[S-2]. The molecule has 0 heterocycles. The molecule has 0 rings (SSSR count). The molecular weight excluding hydrogens is 298 g/mol. The van der Waals surface area contributed by atoms with E-state index in [2.05, 4.69) is 0 Å². The maximum Gasteiger partial charge on any atom is 3.00 e. The molecule has 0 aliphatic heterocycles. The first-order chi connectivity index (χ1) is 0. The number of hydrogen-bond acceptors (Lipinski definition) is 0. The van der Waals surface area contributed by atoms with Crippen LogP contribution < -0.4 is 0 Å². The van der Waals surface area contributed by atoms with E-state index in [4.69, 9.17) is 0 Å². The van der Waals surface area contributed by atoms with E-state index in [1.165, 1.54) is 0 Å². The molecule has 0 atom stereocenters. The van der Waals surface area contributed by atoms with Gasteiger partial charge < -0.3 is 40.5 Å². The fourth-order valence-electron chi connectivity index (χ4n) is 0. The Hall–Kier alpha value is 2.30.